The summed E-state index contributed by atoms with van der Waals surface area (Å²) in [4.78, 5) is 4.09. The highest BCUT2D eigenvalue weighted by Gasteiger charge is 2.07. The maximum absolute atomic E-state index is 5.71. The second-order valence-electron chi connectivity index (χ2n) is 3.62. The molecule has 1 aromatic carbocycles. The van der Waals surface area contributed by atoms with E-state index in [0.717, 1.165) is 27.8 Å². The molecule has 2 aromatic heterocycles. The smallest absolute Gasteiger partial charge is 0.101 e. The Morgan fingerprint density at radius 3 is 2.94 bits per heavy atom. The van der Waals surface area contributed by atoms with E-state index in [1.165, 1.54) is 0 Å². The van der Waals surface area contributed by atoms with Crippen LogP contribution < -0.4 is 5.73 Å². The largest absolute Gasteiger partial charge is 0.399 e. The van der Waals surface area contributed by atoms with Crippen molar-refractivity contribution in [3.05, 3.63) is 42.7 Å². The number of anilines is 1. The van der Waals surface area contributed by atoms with Crippen molar-refractivity contribution >= 4 is 16.6 Å². The first kappa shape index (κ1) is 8.91. The third-order valence-electron chi connectivity index (χ3n) is 2.52. The number of nitrogen functional groups attached to an aromatic ring is 1. The molecule has 2 heterocycles. The first-order valence-corrected chi connectivity index (χ1v) is 4.98. The number of hydrogen-bond donors (Lipinski definition) is 2. The fraction of sp³-hybridized carbons (Fsp3) is 0. The summed E-state index contributed by atoms with van der Waals surface area (Å²) < 4.78 is 0. The van der Waals surface area contributed by atoms with Crippen LogP contribution in [0.3, 0.4) is 0 Å². The molecule has 0 spiro atoms. The topological polar surface area (TPSA) is 67.6 Å². The van der Waals surface area contributed by atoms with Crippen molar-refractivity contribution in [3.63, 3.8) is 0 Å². The zero-order chi connectivity index (χ0) is 11.0. The molecule has 16 heavy (non-hydrogen) atoms. The Kier molecular flexibility index (Phi) is 1.86. The SMILES string of the molecule is Nc1ccc2c(-c3cccnc3)n[nH]c2c1. The average molecular weight is 210 g/mol. The van der Waals surface area contributed by atoms with E-state index in [2.05, 4.69) is 15.2 Å². The van der Waals surface area contributed by atoms with Crippen LogP contribution in [0.25, 0.3) is 22.2 Å². The van der Waals surface area contributed by atoms with E-state index in [1.54, 1.807) is 12.4 Å². The number of fused-ring (bicyclic) bond motifs is 1. The summed E-state index contributed by atoms with van der Waals surface area (Å²) in [5, 5.41) is 8.31. The number of rotatable bonds is 1. The summed E-state index contributed by atoms with van der Waals surface area (Å²) in [6.07, 6.45) is 3.54. The van der Waals surface area contributed by atoms with Gasteiger partial charge in [-0.25, -0.2) is 0 Å². The van der Waals surface area contributed by atoms with Gasteiger partial charge in [0.15, 0.2) is 0 Å². The quantitative estimate of drug-likeness (QED) is 0.605. The van der Waals surface area contributed by atoms with Gasteiger partial charge in [-0.05, 0) is 30.3 Å². The van der Waals surface area contributed by atoms with Gasteiger partial charge in [-0.2, -0.15) is 5.10 Å². The van der Waals surface area contributed by atoms with Gasteiger partial charge in [0.05, 0.1) is 5.52 Å². The lowest BCUT2D eigenvalue weighted by atomic mass is 10.1. The highest BCUT2D eigenvalue weighted by atomic mass is 15.1. The predicted octanol–water partition coefficient (Wildman–Crippen LogP) is 2.21. The maximum Gasteiger partial charge on any atom is 0.101 e. The molecule has 0 unspecified atom stereocenters. The Hall–Kier alpha value is -2.36. The number of nitrogens with zero attached hydrogens (tertiary/aromatic N) is 2. The van der Waals surface area contributed by atoms with Gasteiger partial charge in [0.1, 0.15) is 5.69 Å². The van der Waals surface area contributed by atoms with E-state index >= 15 is 0 Å². The molecule has 3 aromatic rings. The van der Waals surface area contributed by atoms with E-state index in [1.807, 2.05) is 30.3 Å². The van der Waals surface area contributed by atoms with Crippen LogP contribution >= 0.6 is 0 Å². The van der Waals surface area contributed by atoms with Gasteiger partial charge < -0.3 is 5.73 Å². The normalized spacial score (nSPS) is 10.8. The molecule has 0 bridgehead atoms. The number of hydrogen-bond acceptors (Lipinski definition) is 3. The number of nitrogens with one attached hydrogen (secondary N) is 1. The summed E-state index contributed by atoms with van der Waals surface area (Å²) in [6, 6.07) is 9.60. The molecular formula is C12H10N4. The third kappa shape index (κ3) is 1.32. The second kappa shape index (κ2) is 3.34. The summed E-state index contributed by atoms with van der Waals surface area (Å²) >= 11 is 0. The number of benzene rings is 1. The molecule has 3 N–H and O–H groups in total. The van der Waals surface area contributed by atoms with Crippen LogP contribution in [0.5, 0.6) is 0 Å². The van der Waals surface area contributed by atoms with Crippen LogP contribution in [0, 0.1) is 0 Å². The van der Waals surface area contributed by atoms with Crippen LogP contribution in [-0.2, 0) is 0 Å². The minimum Gasteiger partial charge on any atom is -0.399 e. The molecule has 0 aliphatic carbocycles. The summed E-state index contributed by atoms with van der Waals surface area (Å²) in [5.41, 5.74) is 9.29. The molecule has 3 rings (SSSR count). The van der Waals surface area contributed by atoms with Gasteiger partial charge in [-0.1, -0.05) is 0 Å². The molecule has 0 amide bonds. The van der Waals surface area contributed by atoms with E-state index in [-0.39, 0.29) is 0 Å². The highest BCUT2D eigenvalue weighted by molar-refractivity contribution is 5.94. The molecule has 78 valence electrons. The van der Waals surface area contributed by atoms with Crippen molar-refractivity contribution in [3.8, 4) is 11.3 Å². The summed E-state index contributed by atoms with van der Waals surface area (Å²) in [6.45, 7) is 0. The first-order chi connectivity index (χ1) is 7.84. The van der Waals surface area contributed by atoms with Crippen molar-refractivity contribution in [1.82, 2.24) is 15.2 Å². The van der Waals surface area contributed by atoms with Crippen LogP contribution in [0.15, 0.2) is 42.7 Å². The van der Waals surface area contributed by atoms with Gasteiger partial charge >= 0.3 is 0 Å². The predicted molar refractivity (Wildman–Crippen MR) is 63.7 cm³/mol. The van der Waals surface area contributed by atoms with Crippen LogP contribution in [0.4, 0.5) is 5.69 Å². The third-order valence-corrected chi connectivity index (χ3v) is 2.52. The molecule has 0 atom stereocenters. The van der Waals surface area contributed by atoms with E-state index in [9.17, 15) is 0 Å². The lowest BCUT2D eigenvalue weighted by Crippen LogP contribution is -1.83. The Morgan fingerprint density at radius 1 is 1.19 bits per heavy atom. The van der Waals surface area contributed by atoms with E-state index in [0.29, 0.717) is 0 Å². The number of aromatic amines is 1. The lowest BCUT2D eigenvalue weighted by molar-refractivity contribution is 1.12. The zero-order valence-electron chi connectivity index (χ0n) is 8.51. The fourth-order valence-corrected chi connectivity index (χ4v) is 1.76. The molecule has 0 radical (unpaired) electrons. The van der Waals surface area contributed by atoms with Crippen molar-refractivity contribution in [2.24, 2.45) is 0 Å². The van der Waals surface area contributed by atoms with E-state index in [4.69, 9.17) is 5.73 Å². The van der Waals surface area contributed by atoms with Crippen LogP contribution in [-0.4, -0.2) is 15.2 Å². The number of aromatic nitrogens is 3. The molecule has 0 fully saturated rings. The van der Waals surface area contributed by atoms with Crippen LogP contribution in [0.2, 0.25) is 0 Å². The standard InChI is InChI=1S/C12H10N4/c13-9-3-4-10-11(6-9)15-16-12(10)8-2-1-5-14-7-8/h1-7H,13H2,(H,15,16). The fourth-order valence-electron chi connectivity index (χ4n) is 1.76. The molecule has 0 saturated heterocycles. The van der Waals surface area contributed by atoms with Crippen LogP contribution in [0.1, 0.15) is 0 Å². The average Bonchev–Trinajstić information content (AvgIpc) is 2.73. The molecule has 0 aliphatic rings. The van der Waals surface area contributed by atoms with Gasteiger partial charge in [-0.15, -0.1) is 0 Å². The number of pyridine rings is 1. The molecule has 4 heteroatoms. The first-order valence-electron chi connectivity index (χ1n) is 4.98. The molecule has 0 saturated carbocycles. The minimum atomic E-state index is 0.730. The van der Waals surface area contributed by atoms with Crippen molar-refractivity contribution in [2.45, 2.75) is 0 Å². The Bertz CT molecular complexity index is 628. The summed E-state index contributed by atoms with van der Waals surface area (Å²) in [5.74, 6) is 0. The number of nitrogens with two attached hydrogens (primary N) is 1. The Morgan fingerprint density at radius 2 is 2.12 bits per heavy atom. The van der Waals surface area contributed by atoms with Gasteiger partial charge in [0.2, 0.25) is 0 Å². The minimum absolute atomic E-state index is 0.730. The van der Waals surface area contributed by atoms with Gasteiger partial charge in [0, 0.05) is 29.0 Å². The van der Waals surface area contributed by atoms with Gasteiger partial charge in [0.25, 0.3) is 0 Å². The Labute approximate surface area is 92.1 Å². The maximum atomic E-state index is 5.71. The molecule has 4 nitrogen and oxygen atoms in total. The highest BCUT2D eigenvalue weighted by Crippen LogP contribution is 2.26. The van der Waals surface area contributed by atoms with Crippen molar-refractivity contribution in [2.75, 3.05) is 5.73 Å². The summed E-state index contributed by atoms with van der Waals surface area (Å²) in [7, 11) is 0. The monoisotopic (exact) mass is 210 g/mol. The van der Waals surface area contributed by atoms with Crippen molar-refractivity contribution in [1.29, 1.82) is 0 Å². The van der Waals surface area contributed by atoms with Gasteiger partial charge in [-0.3, -0.25) is 10.1 Å². The lowest BCUT2D eigenvalue weighted by Gasteiger charge is -1.96. The van der Waals surface area contributed by atoms with E-state index < -0.39 is 0 Å². The second-order valence-corrected chi connectivity index (χ2v) is 3.62. The molecular weight excluding hydrogens is 200 g/mol. The van der Waals surface area contributed by atoms with Crippen molar-refractivity contribution < 1.29 is 0 Å². The Balaban J connectivity index is 2.26. The number of H-pyrrole nitrogens is 1. The zero-order valence-corrected chi connectivity index (χ0v) is 8.51. The molecule has 0 aliphatic heterocycles.